The first kappa shape index (κ1) is 72.6. The van der Waals surface area contributed by atoms with E-state index in [1.54, 1.807) is 0 Å². The van der Waals surface area contributed by atoms with Gasteiger partial charge in [0.25, 0.3) is 0 Å². The van der Waals surface area contributed by atoms with Gasteiger partial charge in [0.2, 0.25) is 0 Å². The molecule has 0 heterocycles. The van der Waals surface area contributed by atoms with Gasteiger partial charge in [-0.25, -0.2) is 0 Å². The summed E-state index contributed by atoms with van der Waals surface area (Å²) in [7, 11) is 0. The van der Waals surface area contributed by atoms with Gasteiger partial charge >= 0.3 is 0 Å². The third-order valence-corrected chi connectivity index (χ3v) is 15.1. The van der Waals surface area contributed by atoms with E-state index >= 15 is 0 Å². The molecule has 0 aliphatic rings. The van der Waals surface area contributed by atoms with Gasteiger partial charge in [0.1, 0.15) is 12.1 Å². The van der Waals surface area contributed by atoms with Gasteiger partial charge in [0.15, 0.2) is 17.0 Å². The van der Waals surface area contributed by atoms with Gasteiger partial charge in [0, 0.05) is 25.2 Å². The third-order valence-electron chi connectivity index (χ3n) is 15.1. The lowest BCUT2D eigenvalue weighted by Gasteiger charge is -2.33. The molecule has 0 aliphatic heterocycles. The highest BCUT2D eigenvalue weighted by Gasteiger charge is 2.52. The SMILES string of the molecule is CCCCCC=CCC=CCC=CCC=CCCCC(=O)C(C=O)(C(=O)CCCCCCCCCCCCCCC)C(CC=CCC=CCC=CCC=CCCCCC)C(=O)CCCCCCCCCCCCCCC. The number of hydrogen-bond donors (Lipinski definition) is 0. The van der Waals surface area contributed by atoms with E-state index in [2.05, 4.69) is 113 Å². The second kappa shape index (κ2) is 59.3. The summed E-state index contributed by atoms with van der Waals surface area (Å²) in [6.45, 7) is 9.01. The van der Waals surface area contributed by atoms with Crippen molar-refractivity contribution in [3.8, 4) is 0 Å². The molecular formula is C72H122O4. The Morgan fingerprint density at radius 3 is 0.868 bits per heavy atom. The maximum Gasteiger partial charge on any atom is 0.154 e. The number of ketones is 3. The molecule has 0 bridgehead atoms. The quantitative estimate of drug-likeness (QED) is 0.0263. The summed E-state index contributed by atoms with van der Waals surface area (Å²) in [4.78, 5) is 57.4. The number of hydrogen-bond acceptors (Lipinski definition) is 4. The van der Waals surface area contributed by atoms with Crippen molar-refractivity contribution in [1.82, 2.24) is 0 Å². The number of carbonyl (C=O) groups is 4. The molecule has 0 rings (SSSR count). The first-order valence-corrected chi connectivity index (χ1v) is 32.7. The van der Waals surface area contributed by atoms with Gasteiger partial charge in [-0.1, -0.05) is 305 Å². The van der Waals surface area contributed by atoms with Crippen molar-refractivity contribution < 1.29 is 19.2 Å². The van der Waals surface area contributed by atoms with Crippen molar-refractivity contribution in [2.45, 2.75) is 323 Å². The van der Waals surface area contributed by atoms with Gasteiger partial charge in [0.05, 0.1) is 0 Å². The average molecular weight is 1050 g/mol. The van der Waals surface area contributed by atoms with Gasteiger partial charge in [-0.05, 0) is 96.3 Å². The fourth-order valence-electron chi connectivity index (χ4n) is 10.2. The van der Waals surface area contributed by atoms with Crippen molar-refractivity contribution in [2.75, 3.05) is 0 Å². The van der Waals surface area contributed by atoms with Crippen LogP contribution in [-0.4, -0.2) is 23.6 Å². The minimum atomic E-state index is -1.94. The molecule has 76 heavy (non-hydrogen) atoms. The molecule has 0 saturated heterocycles. The predicted octanol–water partition coefficient (Wildman–Crippen LogP) is 23.0. The maximum absolute atomic E-state index is 14.6. The van der Waals surface area contributed by atoms with Crippen LogP contribution in [-0.2, 0) is 19.2 Å². The standard InChI is InChI=1S/C72H122O4/c1-5-9-13-17-21-25-29-33-35-36-38-42-46-50-54-58-62-66-71(76)72(67-73,70(75)65-61-57-53-49-45-40-32-28-24-20-16-12-8-4)68(63-59-55-51-47-43-41-37-34-30-26-22-18-14-10-6-2)69(74)64-60-56-52-48-44-39-31-27-23-19-15-11-7-3/h21-22,25-26,33-35,37-38,42-43,47,50,54-55,59,67-68H,5-20,23-24,27-32,36,39-41,44-46,48-49,51-53,56-58,60-66H2,1-4H3. The highest BCUT2D eigenvalue weighted by Crippen LogP contribution is 2.37. The van der Waals surface area contributed by atoms with Crippen molar-refractivity contribution in [1.29, 1.82) is 0 Å². The van der Waals surface area contributed by atoms with Crippen LogP contribution >= 0.6 is 0 Å². The summed E-state index contributed by atoms with van der Waals surface area (Å²) in [6.07, 6.45) is 83.9. The minimum Gasteiger partial charge on any atom is -0.302 e. The van der Waals surface area contributed by atoms with Crippen LogP contribution in [0.4, 0.5) is 0 Å². The predicted molar refractivity (Wildman–Crippen MR) is 335 cm³/mol. The van der Waals surface area contributed by atoms with Crippen LogP contribution in [0.5, 0.6) is 0 Å². The summed E-state index contributed by atoms with van der Waals surface area (Å²) >= 11 is 0. The zero-order valence-electron chi connectivity index (χ0n) is 50.6. The molecule has 0 N–H and O–H groups in total. The van der Waals surface area contributed by atoms with E-state index in [-0.39, 0.29) is 36.6 Å². The molecule has 0 aromatic heterocycles. The van der Waals surface area contributed by atoms with E-state index in [4.69, 9.17) is 0 Å². The minimum absolute atomic E-state index is 0.104. The van der Waals surface area contributed by atoms with E-state index in [1.165, 1.54) is 167 Å². The lowest BCUT2D eigenvalue weighted by Crippen LogP contribution is -2.50. The molecule has 4 heteroatoms. The Labute approximate surface area is 472 Å². The first-order valence-electron chi connectivity index (χ1n) is 32.7. The maximum atomic E-state index is 14.6. The number of Topliss-reactive ketones (excluding diaryl/α,β-unsaturated/α-hetero) is 3. The summed E-state index contributed by atoms with van der Waals surface area (Å²) in [6, 6.07) is 0. The second-order valence-corrected chi connectivity index (χ2v) is 22.1. The molecule has 2 unspecified atom stereocenters. The number of aldehydes is 1. The summed E-state index contributed by atoms with van der Waals surface area (Å²) in [5, 5.41) is 0. The van der Waals surface area contributed by atoms with E-state index in [1.807, 2.05) is 12.2 Å². The van der Waals surface area contributed by atoms with E-state index in [0.29, 0.717) is 38.4 Å². The van der Waals surface area contributed by atoms with Gasteiger partial charge in [-0.15, -0.1) is 0 Å². The Bertz CT molecular complexity index is 1570. The summed E-state index contributed by atoms with van der Waals surface area (Å²) < 4.78 is 0. The van der Waals surface area contributed by atoms with Crippen molar-refractivity contribution >= 4 is 23.6 Å². The largest absolute Gasteiger partial charge is 0.302 e. The van der Waals surface area contributed by atoms with Crippen LogP contribution in [0, 0.1) is 11.3 Å². The van der Waals surface area contributed by atoms with Gasteiger partial charge in [-0.2, -0.15) is 0 Å². The molecule has 0 radical (unpaired) electrons. The second-order valence-electron chi connectivity index (χ2n) is 22.1. The lowest BCUT2D eigenvalue weighted by molar-refractivity contribution is -0.153. The molecule has 0 amide bonds. The average Bonchev–Trinajstić information content (AvgIpc) is 3.43. The van der Waals surface area contributed by atoms with Crippen LogP contribution in [0.15, 0.2) is 97.2 Å². The fraction of sp³-hybridized carbons (Fsp3) is 0.722. The first-order chi connectivity index (χ1) is 37.5. The van der Waals surface area contributed by atoms with Crippen LogP contribution in [0.25, 0.3) is 0 Å². The number of allylic oxidation sites excluding steroid dienone is 16. The van der Waals surface area contributed by atoms with Crippen LogP contribution < -0.4 is 0 Å². The zero-order valence-corrected chi connectivity index (χ0v) is 50.6. The van der Waals surface area contributed by atoms with Crippen LogP contribution in [0.2, 0.25) is 0 Å². The number of unbranched alkanes of at least 4 members (excludes halogenated alkanes) is 31. The fourth-order valence-corrected chi connectivity index (χ4v) is 10.2. The highest BCUT2D eigenvalue weighted by molar-refractivity contribution is 6.21. The third kappa shape index (κ3) is 44.6. The highest BCUT2D eigenvalue weighted by atomic mass is 16.2. The molecule has 0 aromatic carbocycles. The monoisotopic (exact) mass is 1050 g/mol. The van der Waals surface area contributed by atoms with Crippen LogP contribution in [0.1, 0.15) is 323 Å². The molecule has 0 fully saturated rings. The molecule has 0 saturated carbocycles. The Morgan fingerprint density at radius 1 is 0.289 bits per heavy atom. The van der Waals surface area contributed by atoms with E-state index < -0.39 is 11.3 Å². The topological polar surface area (TPSA) is 68.3 Å². The molecule has 4 nitrogen and oxygen atoms in total. The van der Waals surface area contributed by atoms with Gasteiger partial charge < -0.3 is 4.79 Å². The van der Waals surface area contributed by atoms with Crippen molar-refractivity contribution in [3.63, 3.8) is 0 Å². The molecule has 2 atom stereocenters. The zero-order chi connectivity index (χ0) is 55.4. The summed E-state index contributed by atoms with van der Waals surface area (Å²) in [5.74, 6) is -1.78. The van der Waals surface area contributed by atoms with Crippen molar-refractivity contribution in [2.24, 2.45) is 11.3 Å². The molecule has 434 valence electrons. The molecule has 0 aliphatic carbocycles. The normalized spacial score (nSPS) is 13.7. The van der Waals surface area contributed by atoms with E-state index in [9.17, 15) is 19.2 Å². The van der Waals surface area contributed by atoms with Crippen LogP contribution in [0.3, 0.4) is 0 Å². The lowest BCUT2D eigenvalue weighted by atomic mass is 9.64. The van der Waals surface area contributed by atoms with E-state index in [0.717, 1.165) is 77.0 Å². The van der Waals surface area contributed by atoms with Gasteiger partial charge in [-0.3, -0.25) is 14.4 Å². The number of rotatable bonds is 59. The Kier molecular flexibility index (Phi) is 56.6. The molecule has 0 aromatic rings. The Hall–Kier alpha value is -3.40. The number of carbonyl (C=O) groups excluding carboxylic acids is 4. The summed E-state index contributed by atoms with van der Waals surface area (Å²) in [5.41, 5.74) is -1.94. The molecular weight excluding hydrogens is 929 g/mol. The molecule has 0 spiro atoms. The smallest absolute Gasteiger partial charge is 0.154 e. The van der Waals surface area contributed by atoms with Crippen molar-refractivity contribution in [3.05, 3.63) is 97.2 Å². The Morgan fingerprint density at radius 2 is 0.539 bits per heavy atom. The Balaban J connectivity index is 5.90.